The molecule has 2 unspecified atom stereocenters. The zero-order valence-corrected chi connectivity index (χ0v) is 11.4. The van der Waals surface area contributed by atoms with Crippen LogP contribution >= 0.6 is 0 Å². The molecule has 1 heterocycles. The number of rotatable bonds is 5. The number of nitrogens with zero attached hydrogens (tertiary/aromatic N) is 1. The SMILES string of the molecule is NC(=O)N1CCCC(C(=O)NC(CC(=O)O)C2CC2)C1. The van der Waals surface area contributed by atoms with Crippen molar-refractivity contribution in [3.05, 3.63) is 0 Å². The number of carbonyl (C=O) groups is 3. The molecule has 0 aromatic heterocycles. The van der Waals surface area contributed by atoms with Gasteiger partial charge in [0.1, 0.15) is 0 Å². The van der Waals surface area contributed by atoms with Gasteiger partial charge in [0.25, 0.3) is 0 Å². The molecule has 20 heavy (non-hydrogen) atoms. The predicted octanol–water partition coefficient (Wildman–Crippen LogP) is 0.147. The number of nitrogens with two attached hydrogens (primary N) is 1. The van der Waals surface area contributed by atoms with Crippen LogP contribution in [0.4, 0.5) is 4.79 Å². The highest BCUT2D eigenvalue weighted by molar-refractivity contribution is 5.81. The number of carbonyl (C=O) groups excluding carboxylic acids is 2. The second kappa shape index (κ2) is 6.11. The summed E-state index contributed by atoms with van der Waals surface area (Å²) in [4.78, 5) is 35.6. The van der Waals surface area contributed by atoms with E-state index in [1.165, 1.54) is 4.90 Å². The molecule has 1 saturated carbocycles. The van der Waals surface area contributed by atoms with Crippen LogP contribution in [-0.2, 0) is 9.59 Å². The van der Waals surface area contributed by atoms with Crippen LogP contribution in [0.15, 0.2) is 0 Å². The Bertz CT molecular complexity index is 408. The highest BCUT2D eigenvalue weighted by Crippen LogP contribution is 2.34. The molecule has 1 aliphatic heterocycles. The van der Waals surface area contributed by atoms with Crippen LogP contribution in [0.1, 0.15) is 32.1 Å². The fourth-order valence-electron chi connectivity index (χ4n) is 2.71. The van der Waals surface area contributed by atoms with E-state index < -0.39 is 12.0 Å². The number of carboxylic acid groups (broad SMARTS) is 1. The Hall–Kier alpha value is -1.79. The van der Waals surface area contributed by atoms with Crippen molar-refractivity contribution in [1.29, 1.82) is 0 Å². The van der Waals surface area contributed by atoms with Crippen molar-refractivity contribution >= 4 is 17.9 Å². The average Bonchev–Trinajstić information content (AvgIpc) is 3.21. The first kappa shape index (κ1) is 14.6. The van der Waals surface area contributed by atoms with Gasteiger partial charge in [0.2, 0.25) is 5.91 Å². The minimum atomic E-state index is -0.899. The van der Waals surface area contributed by atoms with E-state index in [0.717, 1.165) is 19.3 Å². The van der Waals surface area contributed by atoms with E-state index in [0.29, 0.717) is 19.5 Å². The lowest BCUT2D eigenvalue weighted by molar-refractivity contribution is -0.138. The molecule has 0 aromatic carbocycles. The zero-order chi connectivity index (χ0) is 14.7. The number of carboxylic acids is 1. The maximum Gasteiger partial charge on any atom is 0.314 e. The molecule has 112 valence electrons. The molecule has 4 N–H and O–H groups in total. The van der Waals surface area contributed by atoms with Gasteiger partial charge in [-0.1, -0.05) is 0 Å². The summed E-state index contributed by atoms with van der Waals surface area (Å²) in [5.41, 5.74) is 5.23. The van der Waals surface area contributed by atoms with E-state index >= 15 is 0 Å². The summed E-state index contributed by atoms with van der Waals surface area (Å²) in [6.07, 6.45) is 3.35. The first-order chi connectivity index (χ1) is 9.47. The fourth-order valence-corrected chi connectivity index (χ4v) is 2.71. The number of amides is 3. The van der Waals surface area contributed by atoms with Crippen molar-refractivity contribution in [3.63, 3.8) is 0 Å². The highest BCUT2D eigenvalue weighted by atomic mass is 16.4. The van der Waals surface area contributed by atoms with Gasteiger partial charge in [-0.25, -0.2) is 4.79 Å². The summed E-state index contributed by atoms with van der Waals surface area (Å²) in [5.74, 6) is -1.06. The Kier molecular flexibility index (Phi) is 4.46. The van der Waals surface area contributed by atoms with Crippen LogP contribution in [0, 0.1) is 11.8 Å². The van der Waals surface area contributed by atoms with Crippen molar-refractivity contribution in [2.45, 2.75) is 38.1 Å². The lowest BCUT2D eigenvalue weighted by Gasteiger charge is -2.31. The topological polar surface area (TPSA) is 113 Å². The Morgan fingerprint density at radius 3 is 2.55 bits per heavy atom. The number of urea groups is 1. The number of hydrogen-bond donors (Lipinski definition) is 3. The number of aliphatic carboxylic acids is 1. The third kappa shape index (κ3) is 3.85. The largest absolute Gasteiger partial charge is 0.481 e. The van der Waals surface area contributed by atoms with Gasteiger partial charge in [-0.05, 0) is 31.6 Å². The molecule has 0 bridgehead atoms. The van der Waals surface area contributed by atoms with Gasteiger partial charge >= 0.3 is 12.0 Å². The van der Waals surface area contributed by atoms with Crippen molar-refractivity contribution < 1.29 is 19.5 Å². The third-order valence-corrected chi connectivity index (χ3v) is 4.02. The Morgan fingerprint density at radius 1 is 1.30 bits per heavy atom. The number of nitrogens with one attached hydrogen (secondary N) is 1. The molecule has 2 atom stereocenters. The molecule has 1 aliphatic carbocycles. The number of piperidine rings is 1. The van der Waals surface area contributed by atoms with Gasteiger partial charge in [0.05, 0.1) is 12.3 Å². The summed E-state index contributed by atoms with van der Waals surface area (Å²) < 4.78 is 0. The summed E-state index contributed by atoms with van der Waals surface area (Å²) in [5, 5.41) is 11.7. The summed E-state index contributed by atoms with van der Waals surface area (Å²) in [6.45, 7) is 0.909. The number of hydrogen-bond acceptors (Lipinski definition) is 3. The molecule has 1 saturated heterocycles. The molecule has 7 heteroatoms. The van der Waals surface area contributed by atoms with E-state index in [-0.39, 0.29) is 30.2 Å². The first-order valence-electron chi connectivity index (χ1n) is 7.04. The molecule has 0 aromatic rings. The molecule has 2 fully saturated rings. The van der Waals surface area contributed by atoms with E-state index in [2.05, 4.69) is 5.32 Å². The van der Waals surface area contributed by atoms with E-state index in [1.54, 1.807) is 0 Å². The van der Waals surface area contributed by atoms with Gasteiger partial charge in [0, 0.05) is 19.1 Å². The van der Waals surface area contributed by atoms with Gasteiger partial charge in [0.15, 0.2) is 0 Å². The smallest absolute Gasteiger partial charge is 0.314 e. The Balaban J connectivity index is 1.89. The van der Waals surface area contributed by atoms with Crippen LogP contribution in [0.3, 0.4) is 0 Å². The van der Waals surface area contributed by atoms with E-state index in [9.17, 15) is 14.4 Å². The summed E-state index contributed by atoms with van der Waals surface area (Å²) >= 11 is 0. The van der Waals surface area contributed by atoms with Crippen molar-refractivity contribution in [1.82, 2.24) is 10.2 Å². The second-order valence-electron chi connectivity index (χ2n) is 5.67. The zero-order valence-electron chi connectivity index (χ0n) is 11.4. The highest BCUT2D eigenvalue weighted by Gasteiger charge is 2.36. The molecule has 3 amide bonds. The third-order valence-electron chi connectivity index (χ3n) is 4.02. The Labute approximate surface area is 117 Å². The van der Waals surface area contributed by atoms with Crippen LogP contribution < -0.4 is 11.1 Å². The molecule has 7 nitrogen and oxygen atoms in total. The predicted molar refractivity (Wildman–Crippen MR) is 70.8 cm³/mol. The minimum Gasteiger partial charge on any atom is -0.481 e. The average molecular weight is 283 g/mol. The quantitative estimate of drug-likeness (QED) is 0.666. The van der Waals surface area contributed by atoms with E-state index in [4.69, 9.17) is 10.8 Å². The van der Waals surface area contributed by atoms with Crippen LogP contribution in [0.5, 0.6) is 0 Å². The molecular weight excluding hydrogens is 262 g/mol. The van der Waals surface area contributed by atoms with Gasteiger partial charge in [-0.2, -0.15) is 0 Å². The molecule has 2 aliphatic rings. The van der Waals surface area contributed by atoms with Crippen molar-refractivity contribution in [2.24, 2.45) is 17.6 Å². The minimum absolute atomic E-state index is 0.0390. The fraction of sp³-hybridized carbons (Fsp3) is 0.769. The van der Waals surface area contributed by atoms with E-state index in [1.807, 2.05) is 0 Å². The van der Waals surface area contributed by atoms with Crippen LogP contribution in [-0.4, -0.2) is 47.0 Å². The molecular formula is C13H21N3O4. The molecule has 0 radical (unpaired) electrons. The summed E-state index contributed by atoms with van der Waals surface area (Å²) in [6, 6.07) is -0.796. The van der Waals surface area contributed by atoms with Crippen molar-refractivity contribution in [2.75, 3.05) is 13.1 Å². The van der Waals surface area contributed by atoms with Gasteiger partial charge in [-0.3, -0.25) is 9.59 Å². The monoisotopic (exact) mass is 283 g/mol. The lowest BCUT2D eigenvalue weighted by atomic mass is 9.96. The Morgan fingerprint density at radius 2 is 2.00 bits per heavy atom. The first-order valence-corrected chi connectivity index (χ1v) is 7.04. The van der Waals surface area contributed by atoms with Gasteiger partial charge in [-0.15, -0.1) is 0 Å². The molecule has 2 rings (SSSR count). The normalized spacial score (nSPS) is 24.0. The van der Waals surface area contributed by atoms with Crippen LogP contribution in [0.25, 0.3) is 0 Å². The van der Waals surface area contributed by atoms with Crippen molar-refractivity contribution in [3.8, 4) is 0 Å². The van der Waals surface area contributed by atoms with Gasteiger partial charge < -0.3 is 21.1 Å². The maximum atomic E-state index is 12.2. The van der Waals surface area contributed by atoms with Crippen LogP contribution in [0.2, 0.25) is 0 Å². The standard InChI is InChI=1S/C13H21N3O4/c14-13(20)16-5-1-2-9(7-16)12(19)15-10(6-11(17)18)8-3-4-8/h8-10H,1-7H2,(H2,14,20)(H,15,19)(H,17,18). The maximum absolute atomic E-state index is 12.2. The number of primary amides is 1. The molecule has 0 spiro atoms. The second-order valence-corrected chi connectivity index (χ2v) is 5.67. The summed E-state index contributed by atoms with van der Waals surface area (Å²) in [7, 11) is 0. The number of likely N-dealkylation sites (tertiary alicyclic amines) is 1. The lowest BCUT2D eigenvalue weighted by Crippen LogP contribution is -2.49.